The van der Waals surface area contributed by atoms with Gasteiger partial charge in [0.2, 0.25) is 0 Å². The quantitative estimate of drug-likeness (QED) is 0.647. The Labute approximate surface area is 126 Å². The van der Waals surface area contributed by atoms with E-state index in [4.69, 9.17) is 0 Å². The summed E-state index contributed by atoms with van der Waals surface area (Å²) in [7, 11) is 0. The van der Waals surface area contributed by atoms with E-state index >= 15 is 0 Å². The molecule has 0 spiro atoms. The van der Waals surface area contributed by atoms with Gasteiger partial charge in [-0.3, -0.25) is 0 Å². The summed E-state index contributed by atoms with van der Waals surface area (Å²) in [5.41, 5.74) is 3.28. The summed E-state index contributed by atoms with van der Waals surface area (Å²) in [5.74, 6) is 0.765. The molecule has 0 radical (unpaired) electrons. The van der Waals surface area contributed by atoms with Gasteiger partial charge in [0.05, 0.1) is 0 Å². The van der Waals surface area contributed by atoms with Gasteiger partial charge in [0, 0.05) is 19.9 Å². The van der Waals surface area contributed by atoms with Gasteiger partial charge >= 0.3 is 0 Å². The fourth-order valence-electron chi connectivity index (χ4n) is 2.92. The summed E-state index contributed by atoms with van der Waals surface area (Å²) in [6.45, 7) is 10.6. The van der Waals surface area contributed by atoms with Crippen LogP contribution in [0.25, 0.3) is 0 Å². The first-order valence-corrected chi connectivity index (χ1v) is 7.73. The molecule has 2 atom stereocenters. The highest BCUT2D eigenvalue weighted by atomic mass is 79.9. The molecule has 0 heterocycles. The van der Waals surface area contributed by atoms with Crippen molar-refractivity contribution in [3.8, 4) is 5.75 Å². The number of aromatic hydroxyl groups is 1. The van der Waals surface area contributed by atoms with Crippen molar-refractivity contribution in [1.29, 1.82) is 0 Å². The van der Waals surface area contributed by atoms with E-state index in [-0.39, 0.29) is 5.41 Å². The third-order valence-electron chi connectivity index (χ3n) is 4.47. The number of hydrogen-bond donors (Lipinski definition) is 1. The average molecular weight is 374 g/mol. The molecule has 0 aliphatic heterocycles. The van der Waals surface area contributed by atoms with Crippen LogP contribution in [0, 0.1) is 12.8 Å². The Morgan fingerprint density at radius 2 is 2.00 bits per heavy atom. The molecule has 1 aliphatic rings. The van der Waals surface area contributed by atoms with E-state index in [1.54, 1.807) is 0 Å². The number of halogens is 2. The summed E-state index contributed by atoms with van der Waals surface area (Å²) < 4.78 is 2.00. The molecule has 0 bridgehead atoms. The first kappa shape index (κ1) is 14.1. The van der Waals surface area contributed by atoms with E-state index in [0.717, 1.165) is 32.9 Å². The Kier molecular flexibility index (Phi) is 3.67. The van der Waals surface area contributed by atoms with Gasteiger partial charge in [-0.2, -0.15) is 0 Å². The summed E-state index contributed by atoms with van der Waals surface area (Å²) in [6, 6.07) is 1.84. The summed E-state index contributed by atoms with van der Waals surface area (Å²) in [4.78, 5) is 0. The van der Waals surface area contributed by atoms with Crippen LogP contribution in [0.15, 0.2) is 27.2 Å². The smallest absolute Gasteiger partial charge is 0.120 e. The van der Waals surface area contributed by atoms with Crippen LogP contribution < -0.4 is 0 Å². The fraction of sp³-hybridized carbons (Fsp3) is 0.467. The predicted octanol–water partition coefficient (Wildman–Crippen LogP) is 5.47. The lowest BCUT2D eigenvalue weighted by molar-refractivity contribution is 0.367. The van der Waals surface area contributed by atoms with Gasteiger partial charge in [-0.05, 0) is 69.2 Å². The first-order valence-electron chi connectivity index (χ1n) is 6.14. The minimum atomic E-state index is -0.0454. The molecule has 1 aromatic rings. The predicted molar refractivity (Wildman–Crippen MR) is 83.1 cm³/mol. The van der Waals surface area contributed by atoms with Crippen molar-refractivity contribution >= 4 is 31.9 Å². The lowest BCUT2D eigenvalue weighted by Gasteiger charge is -2.32. The highest BCUT2D eigenvalue weighted by molar-refractivity contribution is 9.13. The van der Waals surface area contributed by atoms with Crippen molar-refractivity contribution in [2.45, 2.75) is 39.0 Å². The Hall–Kier alpha value is -0.280. The minimum absolute atomic E-state index is 0.0454. The number of phenolic OH excluding ortho intramolecular Hbond substituents is 1. The first-order chi connectivity index (χ1) is 8.29. The van der Waals surface area contributed by atoms with E-state index in [1.807, 2.05) is 13.0 Å². The van der Waals surface area contributed by atoms with Gasteiger partial charge in [0.1, 0.15) is 5.75 Å². The average Bonchev–Trinajstić information content (AvgIpc) is 2.55. The van der Waals surface area contributed by atoms with Gasteiger partial charge in [0.25, 0.3) is 0 Å². The Morgan fingerprint density at radius 3 is 2.50 bits per heavy atom. The second kappa shape index (κ2) is 4.68. The number of hydrogen-bond acceptors (Lipinski definition) is 1. The maximum atomic E-state index is 10.3. The van der Waals surface area contributed by atoms with Crippen molar-refractivity contribution < 1.29 is 5.11 Å². The van der Waals surface area contributed by atoms with Crippen molar-refractivity contribution in [2.75, 3.05) is 0 Å². The highest BCUT2D eigenvalue weighted by Gasteiger charge is 2.42. The maximum absolute atomic E-state index is 10.3. The number of rotatable bonds is 1. The maximum Gasteiger partial charge on any atom is 0.120 e. The van der Waals surface area contributed by atoms with Crippen molar-refractivity contribution in [1.82, 2.24) is 0 Å². The van der Waals surface area contributed by atoms with Gasteiger partial charge in [-0.15, -0.1) is 0 Å². The Balaban J connectivity index is 2.65. The molecule has 2 rings (SSSR count). The number of allylic oxidation sites excluding steroid dienone is 1. The third kappa shape index (κ3) is 1.96. The van der Waals surface area contributed by atoms with Crippen molar-refractivity contribution in [2.24, 2.45) is 5.92 Å². The van der Waals surface area contributed by atoms with Crippen LogP contribution in [0.3, 0.4) is 0 Å². The summed E-state index contributed by atoms with van der Waals surface area (Å²) in [6.07, 6.45) is 2.07. The number of benzene rings is 1. The zero-order valence-corrected chi connectivity index (χ0v) is 14.2. The van der Waals surface area contributed by atoms with E-state index in [9.17, 15) is 5.11 Å². The molecule has 0 amide bonds. The molecule has 3 heteroatoms. The van der Waals surface area contributed by atoms with E-state index < -0.39 is 0 Å². The molecule has 0 saturated heterocycles. The molecule has 18 heavy (non-hydrogen) atoms. The van der Waals surface area contributed by atoms with Gasteiger partial charge in [-0.25, -0.2) is 0 Å². The molecule has 1 N–H and O–H groups in total. The van der Waals surface area contributed by atoms with Crippen LogP contribution >= 0.6 is 31.9 Å². The van der Waals surface area contributed by atoms with Crippen LogP contribution in [0.2, 0.25) is 0 Å². The van der Waals surface area contributed by atoms with E-state index in [0.29, 0.717) is 11.7 Å². The van der Waals surface area contributed by atoms with Gasteiger partial charge in [0.15, 0.2) is 0 Å². The lowest BCUT2D eigenvalue weighted by atomic mass is 9.73. The third-order valence-corrected chi connectivity index (χ3v) is 6.82. The molecule has 1 nitrogen and oxygen atoms in total. The SMILES string of the molecule is C=C1CC[C@@](C)(c2c(O)cc(C)c(Br)c2Br)[C@H]1C. The molecular formula is C15H18Br2O. The second-order valence-corrected chi connectivity index (χ2v) is 7.10. The number of phenols is 1. The molecule has 1 fully saturated rings. The van der Waals surface area contributed by atoms with Crippen LogP contribution in [-0.4, -0.2) is 5.11 Å². The van der Waals surface area contributed by atoms with E-state index in [2.05, 4.69) is 52.3 Å². The van der Waals surface area contributed by atoms with Crippen LogP contribution in [0.5, 0.6) is 5.75 Å². The van der Waals surface area contributed by atoms with Crippen LogP contribution in [0.1, 0.15) is 37.8 Å². The Bertz CT molecular complexity index is 522. The second-order valence-electron chi connectivity index (χ2n) is 5.51. The summed E-state index contributed by atoms with van der Waals surface area (Å²) in [5, 5.41) is 10.3. The van der Waals surface area contributed by atoms with E-state index in [1.165, 1.54) is 5.57 Å². The van der Waals surface area contributed by atoms with Gasteiger partial charge < -0.3 is 5.11 Å². The minimum Gasteiger partial charge on any atom is -0.508 e. The zero-order chi connectivity index (χ0) is 13.7. The zero-order valence-electron chi connectivity index (χ0n) is 11.0. The molecule has 98 valence electrons. The largest absolute Gasteiger partial charge is 0.508 e. The van der Waals surface area contributed by atoms with Crippen LogP contribution in [0.4, 0.5) is 0 Å². The number of aryl methyl sites for hydroxylation is 1. The summed E-state index contributed by atoms with van der Waals surface area (Å²) >= 11 is 7.23. The highest BCUT2D eigenvalue weighted by Crippen LogP contribution is 2.53. The lowest BCUT2D eigenvalue weighted by Crippen LogP contribution is -2.26. The molecule has 1 aliphatic carbocycles. The molecule has 0 aromatic heterocycles. The Morgan fingerprint density at radius 1 is 1.39 bits per heavy atom. The van der Waals surface area contributed by atoms with Crippen molar-refractivity contribution in [3.63, 3.8) is 0 Å². The fourth-order valence-corrected chi connectivity index (χ4v) is 4.21. The molecule has 1 saturated carbocycles. The van der Waals surface area contributed by atoms with Crippen molar-refractivity contribution in [3.05, 3.63) is 38.3 Å². The normalized spacial score (nSPS) is 27.8. The van der Waals surface area contributed by atoms with Gasteiger partial charge in [-0.1, -0.05) is 26.0 Å². The molecule has 0 unspecified atom stereocenters. The molecule has 1 aromatic carbocycles. The standard InChI is InChI=1S/C15H18Br2O/c1-8-5-6-15(4,10(8)3)12-11(18)7-9(2)13(16)14(12)17/h7,10,18H,1,5-6H2,2-4H3/t10-,15+/m0/s1. The van der Waals surface area contributed by atoms with Crippen LogP contribution in [-0.2, 0) is 5.41 Å². The molecular weight excluding hydrogens is 356 g/mol. The topological polar surface area (TPSA) is 20.2 Å². The monoisotopic (exact) mass is 372 g/mol.